The van der Waals surface area contributed by atoms with E-state index < -0.39 is 139 Å². The molecule has 0 spiro atoms. The zero-order valence-electron chi connectivity index (χ0n) is 41.6. The Bertz CT molecular complexity index is 3040. The summed E-state index contributed by atoms with van der Waals surface area (Å²) in [6.45, 7) is 4.64. The van der Waals surface area contributed by atoms with Crippen LogP contribution in [0, 0.1) is 18.7 Å². The Balaban J connectivity index is 0.875. The summed E-state index contributed by atoms with van der Waals surface area (Å²) in [6, 6.07) is -0.191. The van der Waals surface area contributed by atoms with Gasteiger partial charge >= 0.3 is 5.97 Å². The number of esters is 1. The molecule has 0 fully saturated rings. The zero-order valence-corrected chi connectivity index (χ0v) is 41.6. The Morgan fingerprint density at radius 1 is 0.787 bits per heavy atom. The number of rotatable bonds is 20. The van der Waals surface area contributed by atoms with Gasteiger partial charge in [-0.2, -0.15) is 0 Å². The maximum absolute atomic E-state index is 15.4. The molecule has 10 amide bonds. The van der Waals surface area contributed by atoms with Gasteiger partial charge in [-0.3, -0.25) is 57.6 Å². The Morgan fingerprint density at radius 3 is 1.93 bits per heavy atom. The van der Waals surface area contributed by atoms with Crippen molar-refractivity contribution in [3.63, 3.8) is 0 Å². The van der Waals surface area contributed by atoms with E-state index in [4.69, 9.17) is 9.72 Å². The number of carbonyl (C=O) groups is 11. The number of fused-ring (bicyclic) bond motifs is 5. The van der Waals surface area contributed by atoms with Crippen molar-refractivity contribution in [2.24, 2.45) is 5.92 Å². The number of amides is 10. The molecule has 0 radical (unpaired) electrons. The van der Waals surface area contributed by atoms with Crippen LogP contribution in [0.25, 0.3) is 22.3 Å². The number of imide groups is 1. The van der Waals surface area contributed by atoms with Gasteiger partial charge < -0.3 is 56.9 Å². The van der Waals surface area contributed by atoms with Gasteiger partial charge in [0.2, 0.25) is 47.3 Å². The summed E-state index contributed by atoms with van der Waals surface area (Å²) in [5.41, 5.74) is 0.840. The van der Waals surface area contributed by atoms with E-state index in [0.717, 1.165) is 17.1 Å². The van der Waals surface area contributed by atoms with Gasteiger partial charge in [0.05, 0.1) is 67.8 Å². The third-order valence-electron chi connectivity index (χ3n) is 13.4. The highest BCUT2D eigenvalue weighted by atomic mass is 19.1. The lowest BCUT2D eigenvalue weighted by atomic mass is 9.81. The van der Waals surface area contributed by atoms with E-state index in [1.165, 1.54) is 17.6 Å². The number of halogens is 1. The highest BCUT2D eigenvalue weighted by molar-refractivity contribution is 6.13. The molecule has 3 aromatic rings. The second kappa shape index (κ2) is 22.4. The van der Waals surface area contributed by atoms with Crippen LogP contribution in [0.2, 0.25) is 0 Å². The number of benzene rings is 1. The van der Waals surface area contributed by atoms with E-state index in [2.05, 4.69) is 42.5 Å². The summed E-state index contributed by atoms with van der Waals surface area (Å²) in [5.74, 6) is -8.80. The Labute approximate surface area is 426 Å². The highest BCUT2D eigenvalue weighted by Gasteiger charge is 2.46. The smallest absolute Gasteiger partial charge is 0.343 e. The molecular weight excluding hydrogens is 986 g/mol. The van der Waals surface area contributed by atoms with Crippen molar-refractivity contribution in [2.75, 3.05) is 39.3 Å². The number of pyridine rings is 2. The number of hydrogen-bond acceptors (Lipinski definition) is 15. The van der Waals surface area contributed by atoms with Crippen LogP contribution < -0.4 is 48.1 Å². The van der Waals surface area contributed by atoms with Gasteiger partial charge in [-0.25, -0.2) is 14.2 Å². The van der Waals surface area contributed by atoms with Crippen molar-refractivity contribution < 1.29 is 67.0 Å². The molecule has 0 bridgehead atoms. The predicted octanol–water partition coefficient (Wildman–Crippen LogP) is -2.83. The first-order valence-corrected chi connectivity index (χ1v) is 24.1. The van der Waals surface area contributed by atoms with Crippen LogP contribution in [0.3, 0.4) is 0 Å². The van der Waals surface area contributed by atoms with E-state index in [-0.39, 0.29) is 49.2 Å². The Morgan fingerprint density at radius 2 is 1.36 bits per heavy atom. The van der Waals surface area contributed by atoms with Gasteiger partial charge in [-0.15, -0.1) is 0 Å². The lowest BCUT2D eigenvalue weighted by Crippen LogP contribution is -2.56. The molecule has 7 rings (SSSR count). The SMILES string of the molecule is CC[C@@]1(O)C(=O)OCc2c1cc1n(c2=O)Cc2c-1nc1cc(F)c(C)c3c1c2[C@@H](NC(=O)[C@H](C)NC(=O)[C@@H](NC(=O)CNC(=O)CNC(=O)CNC(=O)CNC(=O)CNC(=O)CCN1C(=O)C=CC1=O)C(C)C)CC3. The summed E-state index contributed by atoms with van der Waals surface area (Å²) < 4.78 is 22.1. The number of aryl methyl sites for hydroxylation is 1. The number of carbonyl (C=O) groups excluding carboxylic acids is 11. The summed E-state index contributed by atoms with van der Waals surface area (Å²) in [6.07, 6.45) is 2.50. The fraction of sp³-hybridized carbons (Fsp3) is 0.449. The van der Waals surface area contributed by atoms with Gasteiger partial charge in [0, 0.05) is 47.7 Å². The van der Waals surface area contributed by atoms with Gasteiger partial charge in [-0.05, 0) is 61.8 Å². The number of ether oxygens (including phenoxy) is 1. The second-order valence-corrected chi connectivity index (χ2v) is 18.7. The fourth-order valence-corrected chi connectivity index (χ4v) is 9.22. The molecular formula is C49H56FN11O14. The van der Waals surface area contributed by atoms with Gasteiger partial charge in [0.15, 0.2) is 5.60 Å². The third-order valence-corrected chi connectivity index (χ3v) is 13.4. The molecule has 9 N–H and O–H groups in total. The molecule has 2 aromatic heterocycles. The average Bonchev–Trinajstić information content (AvgIpc) is 3.91. The molecule has 0 unspecified atom stereocenters. The first-order valence-electron chi connectivity index (χ1n) is 24.1. The number of nitrogens with one attached hydrogen (secondary N) is 8. The minimum absolute atomic E-state index is 0.0159. The maximum Gasteiger partial charge on any atom is 0.343 e. The van der Waals surface area contributed by atoms with Crippen molar-refractivity contribution in [3.05, 3.63) is 73.8 Å². The number of aliphatic hydroxyl groups is 1. The molecule has 398 valence electrons. The van der Waals surface area contributed by atoms with Crippen molar-refractivity contribution in [1.29, 1.82) is 0 Å². The molecule has 4 aliphatic rings. The maximum atomic E-state index is 15.4. The first-order chi connectivity index (χ1) is 35.5. The van der Waals surface area contributed by atoms with Gasteiger partial charge in [0.25, 0.3) is 17.4 Å². The average molecular weight is 1040 g/mol. The molecule has 25 nitrogen and oxygen atoms in total. The molecule has 1 aromatic carbocycles. The normalized spacial score (nSPS) is 17.7. The van der Waals surface area contributed by atoms with Crippen LogP contribution in [-0.2, 0) is 82.7 Å². The van der Waals surface area contributed by atoms with E-state index >= 15 is 4.39 Å². The van der Waals surface area contributed by atoms with Crippen LogP contribution >= 0.6 is 0 Å². The van der Waals surface area contributed by atoms with E-state index in [1.54, 1.807) is 33.8 Å². The minimum atomic E-state index is -2.08. The van der Waals surface area contributed by atoms with E-state index in [1.807, 2.05) is 0 Å². The van der Waals surface area contributed by atoms with Gasteiger partial charge in [-0.1, -0.05) is 20.8 Å². The minimum Gasteiger partial charge on any atom is -0.458 e. The second-order valence-electron chi connectivity index (χ2n) is 18.7. The molecule has 75 heavy (non-hydrogen) atoms. The zero-order chi connectivity index (χ0) is 54.6. The molecule has 5 heterocycles. The summed E-state index contributed by atoms with van der Waals surface area (Å²) >= 11 is 0. The number of aromatic nitrogens is 2. The topological polar surface area (TPSA) is 352 Å². The largest absolute Gasteiger partial charge is 0.458 e. The van der Waals surface area contributed by atoms with Crippen molar-refractivity contribution in [2.45, 2.75) is 97.2 Å². The number of nitrogens with zero attached hydrogens (tertiary/aromatic N) is 3. The van der Waals surface area contributed by atoms with Crippen molar-refractivity contribution >= 4 is 75.9 Å². The van der Waals surface area contributed by atoms with Crippen molar-refractivity contribution in [1.82, 2.24) is 57.0 Å². The predicted molar refractivity (Wildman–Crippen MR) is 258 cm³/mol. The van der Waals surface area contributed by atoms with E-state index in [9.17, 15) is 62.6 Å². The van der Waals surface area contributed by atoms with Crippen LogP contribution in [0.15, 0.2) is 29.1 Å². The molecule has 0 saturated heterocycles. The molecule has 26 heteroatoms. The molecule has 3 aliphatic heterocycles. The molecule has 0 saturated carbocycles. The summed E-state index contributed by atoms with van der Waals surface area (Å²) in [5, 5.41) is 31.5. The third kappa shape index (κ3) is 11.5. The van der Waals surface area contributed by atoms with Crippen LogP contribution in [0.4, 0.5) is 4.39 Å². The first kappa shape index (κ1) is 54.4. The fourth-order valence-electron chi connectivity index (χ4n) is 9.22. The van der Waals surface area contributed by atoms with Crippen LogP contribution in [0.5, 0.6) is 0 Å². The summed E-state index contributed by atoms with van der Waals surface area (Å²) in [4.78, 5) is 157. The quantitative estimate of drug-likeness (QED) is 0.0318. The van der Waals surface area contributed by atoms with Crippen molar-refractivity contribution in [3.8, 4) is 11.4 Å². The van der Waals surface area contributed by atoms with Crippen LogP contribution in [0.1, 0.15) is 86.4 Å². The molecule has 1 aliphatic carbocycles. The molecule has 4 atom stereocenters. The number of cyclic esters (lactones) is 1. The standard InChI is InChI=1S/C49H56FN11O14/c1-6-49(74)28-13-32-44-26(20-61(32)47(72)27(28)21-75-48(49)73)42-30(8-7-25-23(4)29(50)14-31(57-44)41(25)42)58-45(70)24(5)56-46(71)43(22(2)3)59-38(67)19-55-37(66)18-54-36(65)17-53-35(64)16-52-34(63)15-51-33(62)11-12-60-39(68)9-10-40(60)69/h9-10,13-14,22,24,30,43,74H,6-8,11-12,15-21H2,1-5H3,(H,51,62)(H,52,63)(H,53,64)(H,54,65)(H,55,66)(H,56,71)(H,58,70)(H,59,67)/t24-,30-,43-,49-/m0/s1. The lowest BCUT2D eigenvalue weighted by molar-refractivity contribution is -0.172. The monoisotopic (exact) mass is 1040 g/mol. The lowest BCUT2D eigenvalue weighted by Gasteiger charge is -2.31. The summed E-state index contributed by atoms with van der Waals surface area (Å²) in [7, 11) is 0. The van der Waals surface area contributed by atoms with E-state index in [0.29, 0.717) is 51.9 Å². The Kier molecular flexibility index (Phi) is 16.2. The highest BCUT2D eigenvalue weighted by Crippen LogP contribution is 2.46. The van der Waals surface area contributed by atoms with Crippen LogP contribution in [-0.4, -0.2) is 136 Å². The number of hydrogen-bond donors (Lipinski definition) is 9. The Hall–Kier alpha value is -8.42. The van der Waals surface area contributed by atoms with Gasteiger partial charge in [0.1, 0.15) is 24.5 Å².